The zero-order valence-corrected chi connectivity index (χ0v) is 12.6. The third kappa shape index (κ3) is 5.41. The highest BCUT2D eigenvalue weighted by Crippen LogP contribution is 2.28. The first-order valence-electron chi connectivity index (χ1n) is 8.37. The predicted molar refractivity (Wildman–Crippen MR) is 80.3 cm³/mol. The molecule has 0 spiro atoms. The highest BCUT2D eigenvalue weighted by Gasteiger charge is 2.20. The molecule has 1 aliphatic carbocycles. The first-order valence-corrected chi connectivity index (χ1v) is 8.37. The SMILES string of the molecule is CC1CCCCC1CNCCCN1CCC(O)CC1. The Morgan fingerprint density at radius 3 is 2.58 bits per heavy atom. The Bertz CT molecular complexity index is 239. The second kappa shape index (κ2) is 8.23. The molecule has 3 nitrogen and oxygen atoms in total. The molecule has 112 valence electrons. The van der Waals surface area contributed by atoms with Gasteiger partial charge in [0.2, 0.25) is 0 Å². The maximum absolute atomic E-state index is 9.47. The van der Waals surface area contributed by atoms with Crippen molar-refractivity contribution in [2.24, 2.45) is 11.8 Å². The number of nitrogens with one attached hydrogen (secondary N) is 1. The van der Waals surface area contributed by atoms with Gasteiger partial charge in [0.15, 0.2) is 0 Å². The van der Waals surface area contributed by atoms with Gasteiger partial charge in [-0.05, 0) is 57.2 Å². The Labute approximate surface area is 118 Å². The van der Waals surface area contributed by atoms with Crippen LogP contribution in [0.4, 0.5) is 0 Å². The van der Waals surface area contributed by atoms with Gasteiger partial charge in [0.25, 0.3) is 0 Å². The fourth-order valence-electron chi connectivity index (χ4n) is 3.55. The quantitative estimate of drug-likeness (QED) is 0.725. The number of nitrogens with zero attached hydrogens (tertiary/aromatic N) is 1. The molecule has 2 unspecified atom stereocenters. The lowest BCUT2D eigenvalue weighted by Crippen LogP contribution is -2.37. The Hall–Kier alpha value is -0.120. The third-order valence-corrected chi connectivity index (χ3v) is 5.08. The number of hydrogen-bond acceptors (Lipinski definition) is 3. The van der Waals surface area contributed by atoms with Gasteiger partial charge in [-0.15, -0.1) is 0 Å². The number of aliphatic hydroxyl groups is 1. The lowest BCUT2D eigenvalue weighted by Gasteiger charge is -2.30. The van der Waals surface area contributed by atoms with Crippen LogP contribution in [-0.2, 0) is 0 Å². The van der Waals surface area contributed by atoms with Crippen molar-refractivity contribution in [1.29, 1.82) is 0 Å². The van der Waals surface area contributed by atoms with Crippen LogP contribution < -0.4 is 5.32 Å². The summed E-state index contributed by atoms with van der Waals surface area (Å²) in [6.07, 6.45) is 8.88. The summed E-state index contributed by atoms with van der Waals surface area (Å²) in [5, 5.41) is 13.1. The van der Waals surface area contributed by atoms with Crippen molar-refractivity contribution in [2.45, 2.75) is 58.0 Å². The number of piperidine rings is 1. The van der Waals surface area contributed by atoms with Crippen molar-refractivity contribution >= 4 is 0 Å². The van der Waals surface area contributed by atoms with Gasteiger partial charge in [-0.1, -0.05) is 26.2 Å². The minimum Gasteiger partial charge on any atom is -0.393 e. The fraction of sp³-hybridized carbons (Fsp3) is 1.00. The summed E-state index contributed by atoms with van der Waals surface area (Å²) in [6, 6.07) is 0. The minimum absolute atomic E-state index is 0.0397. The van der Waals surface area contributed by atoms with E-state index in [9.17, 15) is 5.11 Å². The summed E-state index contributed by atoms with van der Waals surface area (Å²) in [5.41, 5.74) is 0. The van der Waals surface area contributed by atoms with Crippen molar-refractivity contribution in [1.82, 2.24) is 10.2 Å². The van der Waals surface area contributed by atoms with E-state index in [0.29, 0.717) is 0 Å². The Morgan fingerprint density at radius 1 is 1.11 bits per heavy atom. The zero-order chi connectivity index (χ0) is 13.5. The van der Waals surface area contributed by atoms with Crippen LogP contribution >= 0.6 is 0 Å². The van der Waals surface area contributed by atoms with Crippen LogP contribution in [-0.4, -0.2) is 48.8 Å². The third-order valence-electron chi connectivity index (χ3n) is 5.08. The van der Waals surface area contributed by atoms with Crippen molar-refractivity contribution < 1.29 is 5.11 Å². The van der Waals surface area contributed by atoms with Gasteiger partial charge in [-0.25, -0.2) is 0 Å². The van der Waals surface area contributed by atoms with E-state index in [-0.39, 0.29) is 6.10 Å². The van der Waals surface area contributed by atoms with Gasteiger partial charge < -0.3 is 15.3 Å². The summed E-state index contributed by atoms with van der Waals surface area (Å²) >= 11 is 0. The molecule has 2 rings (SSSR count). The van der Waals surface area contributed by atoms with Gasteiger partial charge in [-0.3, -0.25) is 0 Å². The van der Waals surface area contributed by atoms with Crippen LogP contribution in [0.2, 0.25) is 0 Å². The van der Waals surface area contributed by atoms with E-state index in [1.165, 1.54) is 45.2 Å². The molecule has 1 saturated carbocycles. The molecule has 19 heavy (non-hydrogen) atoms. The van der Waals surface area contributed by atoms with Crippen LogP contribution in [0.3, 0.4) is 0 Å². The van der Waals surface area contributed by atoms with E-state index in [1.807, 2.05) is 0 Å². The standard InChI is InChI=1S/C16H32N2O/c1-14-5-2-3-6-15(14)13-17-9-4-10-18-11-7-16(19)8-12-18/h14-17,19H,2-13H2,1H3. The van der Waals surface area contributed by atoms with E-state index >= 15 is 0 Å². The lowest BCUT2D eigenvalue weighted by atomic mass is 9.80. The molecule has 2 fully saturated rings. The summed E-state index contributed by atoms with van der Waals surface area (Å²) in [5.74, 6) is 1.84. The molecule has 2 atom stereocenters. The lowest BCUT2D eigenvalue weighted by molar-refractivity contribution is 0.0820. The average Bonchev–Trinajstić information content (AvgIpc) is 2.42. The molecule has 2 aliphatic rings. The molecule has 0 aromatic carbocycles. The van der Waals surface area contributed by atoms with Crippen LogP contribution in [0.15, 0.2) is 0 Å². The molecular weight excluding hydrogens is 236 g/mol. The average molecular weight is 268 g/mol. The minimum atomic E-state index is -0.0397. The second-order valence-corrected chi connectivity index (χ2v) is 6.65. The van der Waals surface area contributed by atoms with Crippen LogP contribution in [0.5, 0.6) is 0 Å². The first kappa shape index (κ1) is 15.3. The maximum atomic E-state index is 9.47. The molecular formula is C16H32N2O. The first-order chi connectivity index (χ1) is 9.25. The largest absolute Gasteiger partial charge is 0.393 e. The van der Waals surface area contributed by atoms with E-state index in [4.69, 9.17) is 0 Å². The second-order valence-electron chi connectivity index (χ2n) is 6.65. The number of likely N-dealkylation sites (tertiary alicyclic amines) is 1. The molecule has 3 heteroatoms. The normalized spacial score (nSPS) is 30.6. The highest BCUT2D eigenvalue weighted by molar-refractivity contribution is 4.74. The number of hydrogen-bond donors (Lipinski definition) is 2. The molecule has 0 aromatic heterocycles. The molecule has 2 N–H and O–H groups in total. The van der Waals surface area contributed by atoms with E-state index in [0.717, 1.165) is 44.3 Å². The molecule has 0 radical (unpaired) electrons. The summed E-state index contributed by atoms with van der Waals surface area (Å²) in [6.45, 7) is 8.16. The van der Waals surface area contributed by atoms with Gasteiger partial charge in [0.1, 0.15) is 0 Å². The molecule has 0 amide bonds. The van der Waals surface area contributed by atoms with Crippen molar-refractivity contribution in [2.75, 3.05) is 32.7 Å². The predicted octanol–water partition coefficient (Wildman–Crippen LogP) is 2.25. The fourth-order valence-corrected chi connectivity index (χ4v) is 3.55. The van der Waals surface area contributed by atoms with E-state index in [1.54, 1.807) is 0 Å². The van der Waals surface area contributed by atoms with E-state index < -0.39 is 0 Å². The Balaban J connectivity index is 1.48. The number of rotatable bonds is 6. The maximum Gasteiger partial charge on any atom is 0.0564 e. The van der Waals surface area contributed by atoms with Crippen LogP contribution in [0, 0.1) is 11.8 Å². The van der Waals surface area contributed by atoms with Crippen molar-refractivity contribution in [3.05, 3.63) is 0 Å². The topological polar surface area (TPSA) is 35.5 Å². The summed E-state index contributed by atoms with van der Waals surface area (Å²) in [7, 11) is 0. The molecule has 1 saturated heterocycles. The highest BCUT2D eigenvalue weighted by atomic mass is 16.3. The zero-order valence-electron chi connectivity index (χ0n) is 12.6. The monoisotopic (exact) mass is 268 g/mol. The molecule has 1 heterocycles. The smallest absolute Gasteiger partial charge is 0.0564 e. The molecule has 0 bridgehead atoms. The van der Waals surface area contributed by atoms with Crippen LogP contribution in [0.25, 0.3) is 0 Å². The molecule has 0 aromatic rings. The Kier molecular flexibility index (Phi) is 6.62. The van der Waals surface area contributed by atoms with Gasteiger partial charge >= 0.3 is 0 Å². The van der Waals surface area contributed by atoms with Gasteiger partial charge in [-0.2, -0.15) is 0 Å². The summed E-state index contributed by atoms with van der Waals surface area (Å²) < 4.78 is 0. The Morgan fingerprint density at radius 2 is 1.84 bits per heavy atom. The van der Waals surface area contributed by atoms with E-state index in [2.05, 4.69) is 17.1 Å². The number of aliphatic hydroxyl groups excluding tert-OH is 1. The van der Waals surface area contributed by atoms with Crippen molar-refractivity contribution in [3.63, 3.8) is 0 Å². The van der Waals surface area contributed by atoms with Crippen molar-refractivity contribution in [3.8, 4) is 0 Å². The summed E-state index contributed by atoms with van der Waals surface area (Å²) in [4.78, 5) is 2.50. The molecule has 1 aliphatic heterocycles. The van der Waals surface area contributed by atoms with Gasteiger partial charge in [0, 0.05) is 13.1 Å². The van der Waals surface area contributed by atoms with Crippen LogP contribution in [0.1, 0.15) is 51.9 Å². The van der Waals surface area contributed by atoms with Gasteiger partial charge in [0.05, 0.1) is 6.10 Å².